The first-order chi connectivity index (χ1) is 63.0. The van der Waals surface area contributed by atoms with Crippen LogP contribution >= 0.6 is 27.5 Å². The third-order valence-corrected chi connectivity index (χ3v) is 25.6. The lowest BCUT2D eigenvalue weighted by atomic mass is 9.78. The van der Waals surface area contributed by atoms with Crippen molar-refractivity contribution in [2.45, 2.75) is 117 Å². The van der Waals surface area contributed by atoms with Gasteiger partial charge in [0, 0.05) is 118 Å². The van der Waals surface area contributed by atoms with Crippen LogP contribution in [0.3, 0.4) is 0 Å². The van der Waals surface area contributed by atoms with E-state index in [0.29, 0.717) is 125 Å². The van der Waals surface area contributed by atoms with E-state index in [1.54, 1.807) is 55.0 Å². The Morgan fingerprint density at radius 1 is 0.508 bits per heavy atom. The standard InChI is InChI=1S/C27H29N5O3.C26H27N5O3.C25H31ClN4O2.C22H19BrN4O2/c1-18-26(24(33)16-31-10-4-3-5-11-31)27-23(32(18)21-8-6-20(28-2)7-9-21)12-19(14-30-27)13-25(34)29-15-22-17-35-22;1-18-25(23(33)17-30-11-4-3-5-12-30)26-22(31(18)21-8-6-20(27-2)7-9-21)14-19(16-29-26)15-24(34)28-10-13-32;1-3-27-11-8-18-14-22-25(28-15-18)24(23(32)16-29-12-9-21(31)10-13-29)17(2)30(22)20-6-4-19(26)5-7-20;1-14-20(19(28)9-26-10-22(11-26)12-29-13-22)21-18(7-15(23)8-25-21)27(14)17-5-3-16(24-2)4-6-17/h6-9,12,14,22H,3-5,10-11,13,15-17H2,1H3,(H,29,34);6-9,13-14,16H,3-5,10-12,15,17H2,1H3,(H,28,34);4-7,14-15,21,27,31H,3,8-13,16H2,1-2H3;3-8H,9-13H2,1H3. The number of pyridine rings is 4. The van der Waals surface area contributed by atoms with Crippen LogP contribution in [0.4, 0.5) is 17.1 Å². The number of benzene rings is 4. The van der Waals surface area contributed by atoms with E-state index in [1.807, 2.05) is 126 Å². The maximum Gasteiger partial charge on any atom is 0.224 e. The fourth-order valence-electron chi connectivity index (χ4n) is 18.3. The molecule has 6 aliphatic rings. The molecule has 2 amide bonds. The summed E-state index contributed by atoms with van der Waals surface area (Å²) in [5.74, 6) is -0.0955. The van der Waals surface area contributed by atoms with Crippen molar-refractivity contribution in [2.24, 2.45) is 5.41 Å². The average molecular weight is 1840 g/mol. The monoisotopic (exact) mass is 1830 g/mol. The number of hydrogen-bond acceptors (Lipinski definition) is 19. The number of rotatable bonds is 28. The normalized spacial score (nSPS) is 16.2. The zero-order valence-electron chi connectivity index (χ0n) is 73.9. The number of piperidine rings is 3. The molecular weight excluding hydrogens is 1730 g/mol. The highest BCUT2D eigenvalue weighted by atomic mass is 79.9. The fraction of sp³-hybridized carbons (Fsp3) is 0.380. The topological polar surface area (TPSA) is 295 Å². The molecule has 0 saturated carbocycles. The van der Waals surface area contributed by atoms with E-state index < -0.39 is 0 Å². The van der Waals surface area contributed by atoms with Crippen LogP contribution in [0.25, 0.3) is 81.4 Å². The largest absolute Gasteiger partial charge is 0.393 e. The number of halogens is 2. The van der Waals surface area contributed by atoms with Crippen molar-refractivity contribution in [2.75, 3.05) is 125 Å². The molecule has 8 aromatic heterocycles. The van der Waals surface area contributed by atoms with E-state index in [0.717, 1.165) is 199 Å². The molecular formula is C100H106BrClN18O10. The van der Waals surface area contributed by atoms with Crippen LogP contribution in [-0.4, -0.2) is 241 Å². The lowest BCUT2D eigenvalue weighted by molar-refractivity contribution is -0.186. The predicted molar refractivity (Wildman–Crippen MR) is 505 cm³/mol. The van der Waals surface area contributed by atoms with Crippen LogP contribution in [0.1, 0.15) is 139 Å². The van der Waals surface area contributed by atoms with Crippen molar-refractivity contribution in [1.82, 2.24) is 73.8 Å². The molecule has 1 atom stereocenters. The first-order valence-electron chi connectivity index (χ1n) is 44.5. The molecule has 6 aliphatic heterocycles. The molecule has 1 spiro atoms. The van der Waals surface area contributed by atoms with Crippen molar-refractivity contribution in [3.63, 3.8) is 0 Å². The Morgan fingerprint density at radius 3 is 1.25 bits per heavy atom. The van der Waals surface area contributed by atoms with Crippen LogP contribution in [0.2, 0.25) is 5.02 Å². The van der Waals surface area contributed by atoms with Crippen molar-refractivity contribution >= 4 is 130 Å². The first kappa shape index (κ1) is 92.6. The van der Waals surface area contributed by atoms with E-state index in [9.17, 15) is 38.7 Å². The number of ether oxygens (including phenoxy) is 2. The fourth-order valence-corrected chi connectivity index (χ4v) is 18.8. The van der Waals surface area contributed by atoms with Crippen LogP contribution in [-0.2, 0) is 43.1 Å². The number of likely N-dealkylation sites (N-methyl/N-ethyl adjacent to an activating group) is 1. The van der Waals surface area contributed by atoms with Gasteiger partial charge in [0.1, 0.15) is 6.29 Å². The third-order valence-electron chi connectivity index (χ3n) is 25.0. The lowest BCUT2D eigenvalue weighted by Crippen LogP contribution is -2.66. The highest BCUT2D eigenvalue weighted by Gasteiger charge is 2.49. The van der Waals surface area contributed by atoms with E-state index in [-0.39, 0.29) is 72.0 Å². The maximum atomic E-state index is 13.5. The summed E-state index contributed by atoms with van der Waals surface area (Å²) >= 11 is 9.62. The van der Waals surface area contributed by atoms with Gasteiger partial charge in [0.2, 0.25) is 11.8 Å². The van der Waals surface area contributed by atoms with Crippen LogP contribution in [0.15, 0.2) is 151 Å². The molecule has 18 rings (SSSR count). The number of aldehydes is 1. The minimum absolute atomic E-state index is 0.0323. The second-order valence-corrected chi connectivity index (χ2v) is 35.8. The summed E-state index contributed by atoms with van der Waals surface area (Å²) in [4.78, 5) is 127. The number of likely N-dealkylation sites (tertiary alicyclic amines) is 4. The number of Topliss-reactive ketones (excluding diaryl/α,β-unsaturated/α-hetero) is 4. The Labute approximate surface area is 768 Å². The summed E-state index contributed by atoms with van der Waals surface area (Å²) in [7, 11) is 0. The number of epoxide rings is 1. The molecule has 130 heavy (non-hydrogen) atoms. The number of nitrogens with zero attached hydrogens (tertiary/aromatic N) is 15. The Kier molecular flexibility index (Phi) is 30.0. The summed E-state index contributed by atoms with van der Waals surface area (Å²) in [6.45, 7) is 44.7. The van der Waals surface area contributed by atoms with Gasteiger partial charge in [0.25, 0.3) is 0 Å². The molecule has 28 nitrogen and oxygen atoms in total. The van der Waals surface area contributed by atoms with Gasteiger partial charge in [-0.3, -0.25) is 68.3 Å². The highest BCUT2D eigenvalue weighted by Crippen LogP contribution is 2.40. The predicted octanol–water partition coefficient (Wildman–Crippen LogP) is 15.0. The molecule has 0 radical (unpaired) electrons. The van der Waals surface area contributed by atoms with Gasteiger partial charge in [-0.2, -0.15) is 0 Å². The number of aliphatic hydroxyl groups is 1. The number of aromatic nitrogens is 8. The minimum Gasteiger partial charge on any atom is -0.393 e. The number of nitrogens with one attached hydrogen (secondary N) is 3. The first-order valence-corrected chi connectivity index (χ1v) is 45.6. The Balaban J connectivity index is 0.000000133. The van der Waals surface area contributed by atoms with E-state index in [4.69, 9.17) is 45.8 Å². The average Bonchev–Trinajstić information content (AvgIpc) is 1.41. The SMILES string of the molecule is CCNCCc1cnc2c(C(=O)CN3CCC(O)CC3)c(C)n(-c3ccc(Cl)cc3)c2c1.[C-]#[N+]c1ccc(-n2c(C)c(C(=O)CN3CC4(COC4)C3)c3ncc(Br)cc32)cc1.[C-]#[N+]c1ccc(-n2c(C)c(C(=O)CN3CCCCC3)c3ncc(CC(=O)NCC4CO4)cc32)cc1.[C-]#[N+]c1ccc(-n2c(C)c(C(=O)CN3CCCCC3)c3ncc(CC(=O)NCC=O)cc32)cc1. The molecule has 670 valence electrons. The Morgan fingerprint density at radius 2 is 0.869 bits per heavy atom. The van der Waals surface area contributed by atoms with Gasteiger partial charge >= 0.3 is 0 Å². The van der Waals surface area contributed by atoms with Gasteiger partial charge in [-0.15, -0.1) is 0 Å². The number of ketones is 4. The van der Waals surface area contributed by atoms with Gasteiger partial charge in [0.05, 0.1) is 164 Å². The molecule has 0 bridgehead atoms. The number of hydrogen-bond donors (Lipinski definition) is 4. The number of carbonyl (C=O) groups excluding carboxylic acids is 7. The smallest absolute Gasteiger partial charge is 0.224 e. The summed E-state index contributed by atoms with van der Waals surface area (Å²) in [6.07, 6.45) is 16.9. The summed E-state index contributed by atoms with van der Waals surface area (Å²) in [5, 5.41) is 19.2. The second kappa shape index (κ2) is 42.2. The number of amides is 2. The summed E-state index contributed by atoms with van der Waals surface area (Å²) < 4.78 is 19.5. The quantitative estimate of drug-likeness (QED) is 0.0116. The van der Waals surface area contributed by atoms with Gasteiger partial charge in [-0.25, -0.2) is 14.5 Å². The van der Waals surface area contributed by atoms with Gasteiger partial charge in [0.15, 0.2) is 40.2 Å². The van der Waals surface area contributed by atoms with Gasteiger partial charge < -0.3 is 53.6 Å². The molecule has 4 aromatic carbocycles. The van der Waals surface area contributed by atoms with Crippen molar-refractivity contribution in [1.29, 1.82) is 0 Å². The zero-order chi connectivity index (χ0) is 91.3. The lowest BCUT2D eigenvalue weighted by Gasteiger charge is -2.54. The Hall–Kier alpha value is -12.2. The molecule has 4 N–H and O–H groups in total. The van der Waals surface area contributed by atoms with Crippen LogP contribution in [0.5, 0.6) is 0 Å². The number of aliphatic hydroxyl groups excluding tert-OH is 1. The maximum absolute atomic E-state index is 13.5. The number of fused-ring (bicyclic) bond motifs is 4. The van der Waals surface area contributed by atoms with Gasteiger partial charge in [-0.05, 0) is 229 Å². The Bertz CT molecular complexity index is 6340. The molecule has 12 aromatic rings. The molecule has 0 aliphatic carbocycles. The third kappa shape index (κ3) is 21.5. The van der Waals surface area contributed by atoms with Crippen LogP contribution in [0, 0.1) is 52.8 Å². The zero-order valence-corrected chi connectivity index (χ0v) is 76.2. The van der Waals surface area contributed by atoms with E-state index in [2.05, 4.69) is 98.5 Å². The summed E-state index contributed by atoms with van der Waals surface area (Å²) in [5.41, 5.74) is 20.1. The van der Waals surface area contributed by atoms with Crippen molar-refractivity contribution < 1.29 is 48.1 Å². The molecule has 6 saturated heterocycles. The van der Waals surface area contributed by atoms with Crippen LogP contribution < -0.4 is 16.0 Å². The molecule has 6 fully saturated rings. The van der Waals surface area contributed by atoms with E-state index in [1.165, 1.54) is 12.8 Å². The van der Waals surface area contributed by atoms with Crippen molar-refractivity contribution in [3.8, 4) is 22.7 Å². The summed E-state index contributed by atoms with van der Waals surface area (Å²) in [6, 6.07) is 37.5. The molecule has 1 unspecified atom stereocenters. The van der Waals surface area contributed by atoms with Gasteiger partial charge in [-0.1, -0.05) is 67.8 Å². The molecule has 30 heteroatoms. The second-order valence-electron chi connectivity index (χ2n) is 34.4. The number of carbonyl (C=O) groups is 7. The highest BCUT2D eigenvalue weighted by molar-refractivity contribution is 9.10. The van der Waals surface area contributed by atoms with E-state index >= 15 is 0 Å². The van der Waals surface area contributed by atoms with Crippen molar-refractivity contribution in [3.05, 3.63) is 252 Å². The molecule has 14 heterocycles. The minimum atomic E-state index is -0.272.